The minimum absolute atomic E-state index is 0.145. The summed E-state index contributed by atoms with van der Waals surface area (Å²) in [6.07, 6.45) is 6.46. The molecule has 2 fully saturated rings. The van der Waals surface area contributed by atoms with Crippen molar-refractivity contribution in [3.63, 3.8) is 0 Å². The lowest BCUT2D eigenvalue weighted by Crippen LogP contribution is -2.54. The van der Waals surface area contributed by atoms with Gasteiger partial charge in [0.15, 0.2) is 0 Å². The van der Waals surface area contributed by atoms with E-state index in [4.69, 9.17) is 4.74 Å². The minimum atomic E-state index is 0.145. The first-order valence-electron chi connectivity index (χ1n) is 5.65. The number of rotatable bonds is 1. The number of likely N-dealkylation sites (tertiary alicyclic amines) is 1. The molecule has 1 atom stereocenters. The summed E-state index contributed by atoms with van der Waals surface area (Å²) in [4.78, 5) is 2.57. The Kier molecular flexibility index (Phi) is 2.61. The van der Waals surface area contributed by atoms with Gasteiger partial charge >= 0.3 is 0 Å². The number of hydrogen-bond acceptors (Lipinski definition) is 2. The van der Waals surface area contributed by atoms with Gasteiger partial charge in [0, 0.05) is 19.2 Å². The highest BCUT2D eigenvalue weighted by Crippen LogP contribution is 2.38. The maximum absolute atomic E-state index is 5.98. The molecule has 0 aliphatic carbocycles. The molecule has 1 unspecified atom stereocenters. The Bertz CT molecular complexity index is 173. The van der Waals surface area contributed by atoms with E-state index < -0.39 is 0 Å². The van der Waals surface area contributed by atoms with E-state index in [0.29, 0.717) is 6.04 Å². The fourth-order valence-electron chi connectivity index (χ4n) is 2.87. The molecule has 2 heteroatoms. The average Bonchev–Trinajstić information content (AvgIpc) is 2.54. The number of piperidine rings is 1. The molecule has 0 aromatic carbocycles. The van der Waals surface area contributed by atoms with Crippen molar-refractivity contribution < 1.29 is 4.74 Å². The second kappa shape index (κ2) is 3.58. The molecule has 0 radical (unpaired) electrons. The van der Waals surface area contributed by atoms with Crippen LogP contribution in [-0.4, -0.2) is 29.8 Å². The van der Waals surface area contributed by atoms with Gasteiger partial charge in [0.1, 0.15) is 5.72 Å². The molecule has 0 aromatic rings. The summed E-state index contributed by atoms with van der Waals surface area (Å²) in [5, 5.41) is 0. The Morgan fingerprint density at radius 3 is 2.54 bits per heavy atom. The standard InChI is InChI=1S/C11H21NO/c1-10(2)12-8-4-3-6-11(12)7-5-9-13-11/h10H,3-9H2,1-2H3. The zero-order valence-electron chi connectivity index (χ0n) is 8.88. The van der Waals surface area contributed by atoms with Gasteiger partial charge in [0.25, 0.3) is 0 Å². The normalized spacial score (nSPS) is 36.2. The highest BCUT2D eigenvalue weighted by Gasteiger charge is 2.43. The van der Waals surface area contributed by atoms with E-state index in [-0.39, 0.29) is 5.72 Å². The molecule has 0 aromatic heterocycles. The summed E-state index contributed by atoms with van der Waals surface area (Å²) in [7, 11) is 0. The first kappa shape index (κ1) is 9.47. The molecule has 2 rings (SSSR count). The largest absolute Gasteiger partial charge is 0.360 e. The summed E-state index contributed by atoms with van der Waals surface area (Å²) < 4.78 is 5.98. The molecule has 2 heterocycles. The van der Waals surface area contributed by atoms with Crippen LogP contribution in [0.1, 0.15) is 46.0 Å². The van der Waals surface area contributed by atoms with Gasteiger partial charge in [0.2, 0.25) is 0 Å². The van der Waals surface area contributed by atoms with Crippen molar-refractivity contribution in [2.45, 2.75) is 57.7 Å². The fourth-order valence-corrected chi connectivity index (χ4v) is 2.87. The topological polar surface area (TPSA) is 12.5 Å². The molecular formula is C11H21NO. The van der Waals surface area contributed by atoms with Crippen LogP contribution in [0.3, 0.4) is 0 Å². The van der Waals surface area contributed by atoms with E-state index in [1.165, 1.54) is 38.6 Å². The Morgan fingerprint density at radius 2 is 1.92 bits per heavy atom. The van der Waals surface area contributed by atoms with Crippen LogP contribution in [0.4, 0.5) is 0 Å². The van der Waals surface area contributed by atoms with E-state index in [0.717, 1.165) is 6.61 Å². The first-order chi connectivity index (χ1) is 6.25. The molecule has 0 bridgehead atoms. The van der Waals surface area contributed by atoms with E-state index in [2.05, 4.69) is 18.7 Å². The second-order valence-electron chi connectivity index (χ2n) is 4.64. The third kappa shape index (κ3) is 1.62. The summed E-state index contributed by atoms with van der Waals surface area (Å²) in [6, 6.07) is 0.637. The van der Waals surface area contributed by atoms with Gasteiger partial charge in [-0.2, -0.15) is 0 Å². The summed E-state index contributed by atoms with van der Waals surface area (Å²) in [6.45, 7) is 6.78. The van der Waals surface area contributed by atoms with Gasteiger partial charge in [-0.15, -0.1) is 0 Å². The number of nitrogens with zero attached hydrogens (tertiary/aromatic N) is 1. The molecule has 2 nitrogen and oxygen atoms in total. The van der Waals surface area contributed by atoms with Crippen LogP contribution in [0.25, 0.3) is 0 Å². The van der Waals surface area contributed by atoms with E-state index in [9.17, 15) is 0 Å². The van der Waals surface area contributed by atoms with Crippen LogP contribution < -0.4 is 0 Å². The predicted octanol–water partition coefficient (Wildman–Crippen LogP) is 2.39. The van der Waals surface area contributed by atoms with E-state index in [1.807, 2.05) is 0 Å². The Balaban J connectivity index is 2.12. The highest BCUT2D eigenvalue weighted by molar-refractivity contribution is 4.90. The van der Waals surface area contributed by atoms with Crippen molar-refractivity contribution in [3.8, 4) is 0 Å². The van der Waals surface area contributed by atoms with E-state index in [1.54, 1.807) is 0 Å². The van der Waals surface area contributed by atoms with Gasteiger partial charge in [0.05, 0.1) is 0 Å². The molecule has 2 aliphatic rings. The summed E-state index contributed by atoms with van der Waals surface area (Å²) in [5.41, 5.74) is 0.145. The van der Waals surface area contributed by atoms with Crippen molar-refractivity contribution in [1.82, 2.24) is 4.90 Å². The maximum atomic E-state index is 5.98. The average molecular weight is 183 g/mol. The van der Waals surface area contributed by atoms with Crippen LogP contribution in [0.15, 0.2) is 0 Å². The van der Waals surface area contributed by atoms with Crippen LogP contribution in [0.2, 0.25) is 0 Å². The number of ether oxygens (including phenoxy) is 1. The van der Waals surface area contributed by atoms with Crippen molar-refractivity contribution in [1.29, 1.82) is 0 Å². The molecule has 2 saturated heterocycles. The van der Waals surface area contributed by atoms with Crippen molar-refractivity contribution in [2.24, 2.45) is 0 Å². The van der Waals surface area contributed by atoms with Crippen molar-refractivity contribution in [2.75, 3.05) is 13.2 Å². The van der Waals surface area contributed by atoms with Gasteiger partial charge < -0.3 is 4.74 Å². The van der Waals surface area contributed by atoms with Crippen LogP contribution in [0, 0.1) is 0 Å². The van der Waals surface area contributed by atoms with Gasteiger partial charge in [-0.25, -0.2) is 0 Å². The second-order valence-corrected chi connectivity index (χ2v) is 4.64. The maximum Gasteiger partial charge on any atom is 0.122 e. The molecule has 0 amide bonds. The third-order valence-corrected chi connectivity index (χ3v) is 3.45. The van der Waals surface area contributed by atoms with Crippen LogP contribution >= 0.6 is 0 Å². The molecule has 2 aliphatic heterocycles. The number of hydrogen-bond donors (Lipinski definition) is 0. The molecule has 76 valence electrons. The molecule has 13 heavy (non-hydrogen) atoms. The lowest BCUT2D eigenvalue weighted by atomic mass is 9.94. The van der Waals surface area contributed by atoms with Crippen LogP contribution in [0.5, 0.6) is 0 Å². The molecule has 0 N–H and O–H groups in total. The summed E-state index contributed by atoms with van der Waals surface area (Å²) >= 11 is 0. The Hall–Kier alpha value is -0.0800. The summed E-state index contributed by atoms with van der Waals surface area (Å²) in [5.74, 6) is 0. The zero-order valence-corrected chi connectivity index (χ0v) is 8.88. The fraction of sp³-hybridized carbons (Fsp3) is 1.00. The van der Waals surface area contributed by atoms with E-state index >= 15 is 0 Å². The van der Waals surface area contributed by atoms with Crippen molar-refractivity contribution >= 4 is 0 Å². The van der Waals surface area contributed by atoms with Gasteiger partial charge in [-0.05, 0) is 46.0 Å². The lowest BCUT2D eigenvalue weighted by molar-refractivity contribution is -0.155. The van der Waals surface area contributed by atoms with Crippen LogP contribution in [-0.2, 0) is 4.74 Å². The lowest BCUT2D eigenvalue weighted by Gasteiger charge is -2.46. The monoisotopic (exact) mass is 183 g/mol. The SMILES string of the molecule is CC(C)N1CCCCC12CCCO2. The quantitative estimate of drug-likeness (QED) is 0.619. The van der Waals surface area contributed by atoms with Gasteiger partial charge in [-0.1, -0.05) is 0 Å². The Labute approximate surface area is 81.3 Å². The molecule has 0 saturated carbocycles. The third-order valence-electron chi connectivity index (χ3n) is 3.45. The zero-order chi connectivity index (χ0) is 9.31. The molecular weight excluding hydrogens is 162 g/mol. The minimum Gasteiger partial charge on any atom is -0.360 e. The first-order valence-corrected chi connectivity index (χ1v) is 5.65. The van der Waals surface area contributed by atoms with Crippen molar-refractivity contribution in [3.05, 3.63) is 0 Å². The smallest absolute Gasteiger partial charge is 0.122 e. The molecule has 1 spiro atoms. The highest BCUT2D eigenvalue weighted by atomic mass is 16.5. The van der Waals surface area contributed by atoms with Gasteiger partial charge in [-0.3, -0.25) is 4.90 Å². The predicted molar refractivity (Wildman–Crippen MR) is 53.6 cm³/mol. The Morgan fingerprint density at radius 1 is 1.15 bits per heavy atom.